The molecule has 4 nitrogen and oxygen atoms in total. The Labute approximate surface area is 99.7 Å². The molecular formula is C11H17NO3S. The predicted molar refractivity (Wildman–Crippen MR) is 62.0 cm³/mol. The van der Waals surface area contributed by atoms with Gasteiger partial charge in [0, 0.05) is 12.2 Å². The summed E-state index contributed by atoms with van der Waals surface area (Å²) in [5, 5.41) is 0. The van der Waals surface area contributed by atoms with Gasteiger partial charge in [-0.2, -0.15) is 0 Å². The van der Waals surface area contributed by atoms with Crippen molar-refractivity contribution in [1.82, 2.24) is 4.90 Å². The van der Waals surface area contributed by atoms with Crippen LogP contribution in [0.1, 0.15) is 33.6 Å². The van der Waals surface area contributed by atoms with E-state index in [9.17, 15) is 9.59 Å². The summed E-state index contributed by atoms with van der Waals surface area (Å²) in [6, 6.07) is -0.382. The first-order valence-corrected chi connectivity index (χ1v) is 6.59. The van der Waals surface area contributed by atoms with E-state index in [0.717, 1.165) is 6.42 Å². The molecule has 2 fully saturated rings. The topological polar surface area (TPSA) is 46.6 Å². The molecule has 0 radical (unpaired) electrons. The summed E-state index contributed by atoms with van der Waals surface area (Å²) in [4.78, 5) is 25.2. The molecule has 0 unspecified atom stereocenters. The van der Waals surface area contributed by atoms with Crippen LogP contribution in [0.5, 0.6) is 0 Å². The maximum absolute atomic E-state index is 11.9. The highest BCUT2D eigenvalue weighted by Crippen LogP contribution is 2.47. The number of nitrogens with zero attached hydrogens (tertiary/aromatic N) is 1. The fraction of sp³-hybridized carbons (Fsp3) is 0.818. The van der Waals surface area contributed by atoms with Gasteiger partial charge in [0.1, 0.15) is 6.04 Å². The number of rotatable bonds is 2. The average Bonchev–Trinajstić information content (AvgIpc) is 2.64. The van der Waals surface area contributed by atoms with E-state index in [1.54, 1.807) is 16.7 Å². The summed E-state index contributed by atoms with van der Waals surface area (Å²) in [5.41, 5.74) is 0. The first-order valence-electron chi connectivity index (χ1n) is 5.61. The molecule has 16 heavy (non-hydrogen) atoms. The number of ether oxygens (including phenoxy) is 1. The summed E-state index contributed by atoms with van der Waals surface area (Å²) in [6.07, 6.45) is 1.26. The number of thioether (sulfide) groups is 1. The average molecular weight is 243 g/mol. The molecular weight excluding hydrogens is 226 g/mol. The minimum Gasteiger partial charge on any atom is -0.461 e. The van der Waals surface area contributed by atoms with Crippen LogP contribution in [0.2, 0.25) is 0 Å². The zero-order valence-electron chi connectivity index (χ0n) is 9.86. The first-order chi connectivity index (χ1) is 7.44. The Hall–Kier alpha value is -0.710. The minimum absolute atomic E-state index is 0.0817. The van der Waals surface area contributed by atoms with E-state index in [2.05, 4.69) is 0 Å². The number of carbonyl (C=O) groups excluding carboxylic acids is 2. The van der Waals surface area contributed by atoms with Crippen LogP contribution in [0.25, 0.3) is 0 Å². The largest absolute Gasteiger partial charge is 0.461 e. The third-order valence-electron chi connectivity index (χ3n) is 3.07. The van der Waals surface area contributed by atoms with Crippen molar-refractivity contribution in [3.05, 3.63) is 0 Å². The van der Waals surface area contributed by atoms with Crippen LogP contribution in [0.15, 0.2) is 0 Å². The van der Waals surface area contributed by atoms with Crippen molar-refractivity contribution in [3.63, 3.8) is 0 Å². The van der Waals surface area contributed by atoms with Gasteiger partial charge in [0.05, 0.1) is 11.0 Å². The Morgan fingerprint density at radius 3 is 2.94 bits per heavy atom. The fourth-order valence-corrected chi connectivity index (χ4v) is 3.72. The number of hydrogen-bond acceptors (Lipinski definition) is 4. The zero-order valence-corrected chi connectivity index (χ0v) is 10.7. The third-order valence-corrected chi connectivity index (χ3v) is 4.57. The summed E-state index contributed by atoms with van der Waals surface area (Å²) < 4.78 is 5.19. The summed E-state index contributed by atoms with van der Waals surface area (Å²) in [6.45, 7) is 5.68. The van der Waals surface area contributed by atoms with Crippen LogP contribution in [-0.2, 0) is 14.3 Å². The van der Waals surface area contributed by atoms with E-state index in [1.165, 1.54) is 0 Å². The van der Waals surface area contributed by atoms with E-state index in [4.69, 9.17) is 4.74 Å². The van der Waals surface area contributed by atoms with Crippen molar-refractivity contribution >= 4 is 23.6 Å². The second-order valence-electron chi connectivity index (χ2n) is 4.75. The Balaban J connectivity index is 2.13. The Morgan fingerprint density at radius 2 is 2.31 bits per heavy atom. The molecule has 0 aromatic heterocycles. The molecule has 0 bridgehead atoms. The molecule has 0 aromatic carbocycles. The summed E-state index contributed by atoms with van der Waals surface area (Å²) in [7, 11) is 0. The van der Waals surface area contributed by atoms with E-state index >= 15 is 0 Å². The highest BCUT2D eigenvalue weighted by molar-refractivity contribution is 8.01. The van der Waals surface area contributed by atoms with E-state index in [1.807, 2.05) is 20.8 Å². The molecule has 0 aromatic rings. The lowest BCUT2D eigenvalue weighted by Crippen LogP contribution is -2.47. The van der Waals surface area contributed by atoms with Crippen LogP contribution in [0, 0.1) is 0 Å². The second-order valence-corrected chi connectivity index (χ2v) is 6.25. The highest BCUT2D eigenvalue weighted by Gasteiger charge is 2.53. The van der Waals surface area contributed by atoms with Crippen molar-refractivity contribution in [1.29, 1.82) is 0 Å². The number of esters is 1. The molecule has 0 spiro atoms. The van der Waals surface area contributed by atoms with Crippen molar-refractivity contribution in [2.24, 2.45) is 0 Å². The molecule has 0 aliphatic carbocycles. The smallest absolute Gasteiger partial charge is 0.330 e. The Bertz CT molecular complexity index is 331. The number of carbonyl (C=O) groups is 2. The molecule has 2 saturated heterocycles. The molecule has 2 aliphatic heterocycles. The fourth-order valence-electron chi connectivity index (χ4n) is 2.31. The van der Waals surface area contributed by atoms with Crippen molar-refractivity contribution < 1.29 is 14.3 Å². The Kier molecular flexibility index (Phi) is 2.90. The van der Waals surface area contributed by atoms with Crippen LogP contribution in [-0.4, -0.2) is 39.5 Å². The minimum atomic E-state index is -0.382. The van der Waals surface area contributed by atoms with Gasteiger partial charge in [-0.05, 0) is 27.2 Å². The molecule has 2 aliphatic rings. The lowest BCUT2D eigenvalue weighted by molar-refractivity contribution is -0.156. The maximum atomic E-state index is 11.9. The summed E-state index contributed by atoms with van der Waals surface area (Å²) in [5.74, 6) is 0.480. The van der Waals surface area contributed by atoms with Crippen LogP contribution < -0.4 is 0 Å². The molecule has 0 saturated carbocycles. The lowest BCUT2D eigenvalue weighted by atomic mass is 10.2. The molecule has 90 valence electrons. The Morgan fingerprint density at radius 1 is 1.62 bits per heavy atom. The van der Waals surface area contributed by atoms with Crippen LogP contribution in [0.4, 0.5) is 0 Å². The van der Waals surface area contributed by atoms with Gasteiger partial charge in [0.15, 0.2) is 0 Å². The van der Waals surface area contributed by atoms with Gasteiger partial charge in [0.25, 0.3) is 0 Å². The molecule has 5 heteroatoms. The zero-order chi connectivity index (χ0) is 11.9. The highest BCUT2D eigenvalue weighted by atomic mass is 32.2. The molecule has 0 N–H and O–H groups in total. The van der Waals surface area contributed by atoms with E-state index in [0.29, 0.717) is 12.2 Å². The van der Waals surface area contributed by atoms with Gasteiger partial charge in [-0.1, -0.05) is 0 Å². The second kappa shape index (κ2) is 3.95. The molecule has 2 heterocycles. The lowest BCUT2D eigenvalue weighted by Gasteiger charge is -2.29. The number of amides is 1. The molecule has 2 rings (SSSR count). The molecule has 1 amide bonds. The van der Waals surface area contributed by atoms with Gasteiger partial charge in [-0.15, -0.1) is 11.8 Å². The third kappa shape index (κ3) is 1.81. The van der Waals surface area contributed by atoms with Crippen molar-refractivity contribution in [2.45, 2.75) is 50.6 Å². The quantitative estimate of drug-likeness (QED) is 0.688. The van der Waals surface area contributed by atoms with E-state index in [-0.39, 0.29) is 28.9 Å². The van der Waals surface area contributed by atoms with Crippen molar-refractivity contribution in [3.8, 4) is 0 Å². The SMILES string of the molecule is CC(C)OC(=O)[C@@H]1CS[C@]2(C)CCC(=O)N12. The maximum Gasteiger partial charge on any atom is 0.330 e. The van der Waals surface area contributed by atoms with Gasteiger partial charge < -0.3 is 9.64 Å². The monoisotopic (exact) mass is 243 g/mol. The standard InChI is InChI=1S/C11H17NO3S/c1-7(2)15-10(14)8-6-16-11(3)5-4-9(13)12(8)11/h7-8H,4-6H2,1-3H3/t8-,11+/m0/s1. The van der Waals surface area contributed by atoms with Gasteiger partial charge in [0.2, 0.25) is 5.91 Å². The molecule has 2 atom stereocenters. The van der Waals surface area contributed by atoms with Crippen LogP contribution in [0.3, 0.4) is 0 Å². The van der Waals surface area contributed by atoms with Gasteiger partial charge in [-0.25, -0.2) is 4.79 Å². The van der Waals surface area contributed by atoms with Crippen molar-refractivity contribution in [2.75, 3.05) is 5.75 Å². The predicted octanol–water partition coefficient (Wildman–Crippen LogP) is 1.39. The first kappa shape index (κ1) is 11.8. The normalized spacial score (nSPS) is 33.4. The number of fused-ring (bicyclic) bond motifs is 1. The van der Waals surface area contributed by atoms with Crippen LogP contribution >= 0.6 is 11.8 Å². The number of hydrogen-bond donors (Lipinski definition) is 0. The van der Waals surface area contributed by atoms with Gasteiger partial charge in [-0.3, -0.25) is 4.79 Å². The van der Waals surface area contributed by atoms with E-state index < -0.39 is 0 Å². The van der Waals surface area contributed by atoms with Gasteiger partial charge >= 0.3 is 5.97 Å². The summed E-state index contributed by atoms with van der Waals surface area (Å²) >= 11 is 1.69.